The number of rotatable bonds is 5. The SMILES string of the molecule is C/[N+]([O-])=C/C1=C(COCc2ccccc2)OC(C)(C)O1. The molecule has 0 N–H and O–H groups in total. The summed E-state index contributed by atoms with van der Waals surface area (Å²) in [6.45, 7) is 4.32. The summed E-state index contributed by atoms with van der Waals surface area (Å²) in [6.07, 6.45) is 1.34. The second kappa shape index (κ2) is 5.96. The van der Waals surface area contributed by atoms with Crippen molar-refractivity contribution in [3.05, 3.63) is 52.6 Å². The molecule has 0 bridgehead atoms. The standard InChI is InChI=1S/C15H19NO4/c1-15(2)19-13(9-16(3)17)14(20-15)11-18-10-12-7-5-4-6-8-12/h4-9H,10-11H2,1-3H3/b16-9-. The summed E-state index contributed by atoms with van der Waals surface area (Å²) >= 11 is 0. The number of nitrogens with zero attached hydrogens (tertiary/aromatic N) is 1. The first-order valence-corrected chi connectivity index (χ1v) is 6.44. The highest BCUT2D eigenvalue weighted by atomic mass is 16.7. The topological polar surface area (TPSA) is 53.8 Å². The molecule has 1 aliphatic heterocycles. The van der Waals surface area contributed by atoms with Crippen molar-refractivity contribution in [2.24, 2.45) is 0 Å². The summed E-state index contributed by atoms with van der Waals surface area (Å²) < 4.78 is 17.5. The van der Waals surface area contributed by atoms with E-state index in [4.69, 9.17) is 14.2 Å². The van der Waals surface area contributed by atoms with Gasteiger partial charge in [0.05, 0.1) is 6.61 Å². The Hall–Kier alpha value is -2.01. The van der Waals surface area contributed by atoms with Gasteiger partial charge in [0.2, 0.25) is 17.8 Å². The summed E-state index contributed by atoms with van der Waals surface area (Å²) in [7, 11) is 1.39. The lowest BCUT2D eigenvalue weighted by Crippen LogP contribution is -2.21. The van der Waals surface area contributed by atoms with Gasteiger partial charge in [-0.25, -0.2) is 4.74 Å². The molecule has 5 nitrogen and oxygen atoms in total. The molecule has 108 valence electrons. The van der Waals surface area contributed by atoms with Crippen molar-refractivity contribution in [1.82, 2.24) is 0 Å². The lowest BCUT2D eigenvalue weighted by molar-refractivity contribution is -0.417. The van der Waals surface area contributed by atoms with Crippen LogP contribution in [0, 0.1) is 5.21 Å². The van der Waals surface area contributed by atoms with Gasteiger partial charge in [0.1, 0.15) is 13.7 Å². The van der Waals surface area contributed by atoms with Gasteiger partial charge in [-0.1, -0.05) is 30.3 Å². The molecule has 0 unspecified atom stereocenters. The maximum Gasteiger partial charge on any atom is 0.246 e. The van der Waals surface area contributed by atoms with E-state index < -0.39 is 5.79 Å². The fraction of sp³-hybridized carbons (Fsp3) is 0.400. The summed E-state index contributed by atoms with van der Waals surface area (Å²) in [6, 6.07) is 9.86. The molecule has 0 fully saturated rings. The zero-order chi connectivity index (χ0) is 14.6. The highest BCUT2D eigenvalue weighted by Gasteiger charge is 2.34. The van der Waals surface area contributed by atoms with Crippen molar-refractivity contribution in [3.8, 4) is 0 Å². The lowest BCUT2D eigenvalue weighted by Gasteiger charge is -2.18. The Morgan fingerprint density at radius 1 is 1.20 bits per heavy atom. The smallest absolute Gasteiger partial charge is 0.246 e. The molecule has 0 saturated heterocycles. The van der Waals surface area contributed by atoms with Crippen molar-refractivity contribution in [2.75, 3.05) is 13.7 Å². The van der Waals surface area contributed by atoms with Crippen LogP contribution >= 0.6 is 0 Å². The minimum Gasteiger partial charge on any atom is -0.624 e. The van der Waals surface area contributed by atoms with Crippen LogP contribution in [0.25, 0.3) is 0 Å². The molecule has 0 aromatic heterocycles. The summed E-state index contributed by atoms with van der Waals surface area (Å²) in [5.74, 6) is 0.182. The number of ether oxygens (including phenoxy) is 3. The van der Waals surface area contributed by atoms with Crippen molar-refractivity contribution in [3.63, 3.8) is 0 Å². The van der Waals surface area contributed by atoms with Crippen molar-refractivity contribution in [2.45, 2.75) is 26.2 Å². The maximum atomic E-state index is 11.1. The van der Waals surface area contributed by atoms with Crippen LogP contribution in [0.2, 0.25) is 0 Å². The molecule has 0 atom stereocenters. The van der Waals surface area contributed by atoms with E-state index in [0.717, 1.165) is 5.56 Å². The van der Waals surface area contributed by atoms with E-state index in [2.05, 4.69) is 0 Å². The van der Waals surface area contributed by atoms with Gasteiger partial charge < -0.3 is 19.4 Å². The Labute approximate surface area is 118 Å². The van der Waals surface area contributed by atoms with Crippen molar-refractivity contribution < 1.29 is 18.9 Å². The Morgan fingerprint density at radius 3 is 2.55 bits per heavy atom. The van der Waals surface area contributed by atoms with Crippen LogP contribution < -0.4 is 0 Å². The molecule has 0 radical (unpaired) electrons. The van der Waals surface area contributed by atoms with E-state index >= 15 is 0 Å². The van der Waals surface area contributed by atoms with Crippen LogP contribution in [-0.4, -0.2) is 30.4 Å². The van der Waals surface area contributed by atoms with Gasteiger partial charge in [0, 0.05) is 13.8 Å². The third-order valence-electron chi connectivity index (χ3n) is 2.64. The van der Waals surface area contributed by atoms with E-state index in [-0.39, 0.29) is 6.61 Å². The zero-order valence-electron chi connectivity index (χ0n) is 12.0. The average molecular weight is 277 g/mol. The second-order valence-electron chi connectivity index (χ2n) is 5.05. The van der Waals surface area contributed by atoms with E-state index in [0.29, 0.717) is 22.9 Å². The molecule has 20 heavy (non-hydrogen) atoms. The van der Waals surface area contributed by atoms with Crippen LogP contribution in [0.4, 0.5) is 0 Å². The van der Waals surface area contributed by atoms with Crippen LogP contribution in [0.15, 0.2) is 41.9 Å². The zero-order valence-corrected chi connectivity index (χ0v) is 12.0. The molecular formula is C15H19NO4. The first kappa shape index (κ1) is 14.4. The van der Waals surface area contributed by atoms with Gasteiger partial charge in [-0.3, -0.25) is 0 Å². The maximum absolute atomic E-state index is 11.1. The van der Waals surface area contributed by atoms with E-state index in [1.165, 1.54) is 13.3 Å². The highest BCUT2D eigenvalue weighted by molar-refractivity contribution is 5.73. The molecule has 0 aliphatic carbocycles. The third-order valence-corrected chi connectivity index (χ3v) is 2.64. The predicted octanol–water partition coefficient (Wildman–Crippen LogP) is 2.41. The first-order chi connectivity index (χ1) is 9.46. The van der Waals surface area contributed by atoms with E-state index in [1.807, 2.05) is 30.3 Å². The fourth-order valence-corrected chi connectivity index (χ4v) is 1.89. The van der Waals surface area contributed by atoms with Gasteiger partial charge in [0.25, 0.3) is 0 Å². The van der Waals surface area contributed by atoms with Crippen LogP contribution in [0.3, 0.4) is 0 Å². The molecule has 0 spiro atoms. The van der Waals surface area contributed by atoms with Gasteiger partial charge >= 0.3 is 0 Å². The van der Waals surface area contributed by atoms with Crippen molar-refractivity contribution >= 4 is 6.21 Å². The predicted molar refractivity (Wildman–Crippen MR) is 75.0 cm³/mol. The quantitative estimate of drug-likeness (QED) is 0.359. The Balaban J connectivity index is 1.97. The molecule has 1 aromatic carbocycles. The number of allylic oxidation sites excluding steroid dienone is 1. The first-order valence-electron chi connectivity index (χ1n) is 6.44. The summed E-state index contributed by atoms with van der Waals surface area (Å²) in [5, 5.41) is 11.1. The highest BCUT2D eigenvalue weighted by Crippen LogP contribution is 2.29. The molecule has 2 rings (SSSR count). The fourth-order valence-electron chi connectivity index (χ4n) is 1.89. The van der Waals surface area contributed by atoms with Crippen LogP contribution in [0.1, 0.15) is 19.4 Å². The Kier molecular flexibility index (Phi) is 4.29. The average Bonchev–Trinajstić information content (AvgIpc) is 2.64. The second-order valence-corrected chi connectivity index (χ2v) is 5.05. The monoisotopic (exact) mass is 277 g/mol. The number of hydrogen-bond acceptors (Lipinski definition) is 4. The Bertz CT molecular complexity index is 516. The number of benzene rings is 1. The number of hydroxylamine groups is 1. The minimum atomic E-state index is -0.771. The Morgan fingerprint density at radius 2 is 1.90 bits per heavy atom. The normalized spacial score (nSPS) is 17.9. The molecular weight excluding hydrogens is 258 g/mol. The van der Waals surface area contributed by atoms with E-state index in [9.17, 15) is 5.21 Å². The lowest BCUT2D eigenvalue weighted by atomic mass is 10.2. The molecule has 1 heterocycles. The molecule has 1 aliphatic rings. The minimum absolute atomic E-state index is 0.262. The summed E-state index contributed by atoms with van der Waals surface area (Å²) in [4.78, 5) is 0. The van der Waals surface area contributed by atoms with Gasteiger partial charge in [-0.2, -0.15) is 0 Å². The van der Waals surface area contributed by atoms with Gasteiger partial charge in [-0.15, -0.1) is 0 Å². The van der Waals surface area contributed by atoms with Crippen LogP contribution in [0.5, 0.6) is 0 Å². The molecule has 5 heteroatoms. The van der Waals surface area contributed by atoms with Gasteiger partial charge in [0.15, 0.2) is 5.76 Å². The van der Waals surface area contributed by atoms with E-state index in [1.54, 1.807) is 13.8 Å². The summed E-state index contributed by atoms with van der Waals surface area (Å²) in [5.41, 5.74) is 1.08. The third kappa shape index (κ3) is 3.99. The number of hydrogen-bond donors (Lipinski definition) is 0. The van der Waals surface area contributed by atoms with Crippen molar-refractivity contribution in [1.29, 1.82) is 0 Å². The molecule has 1 aromatic rings. The molecule has 0 amide bonds. The van der Waals surface area contributed by atoms with Crippen LogP contribution in [-0.2, 0) is 20.8 Å². The van der Waals surface area contributed by atoms with Gasteiger partial charge in [-0.05, 0) is 5.56 Å². The molecule has 0 saturated carbocycles. The largest absolute Gasteiger partial charge is 0.624 e.